The molecular weight excluding hydrogens is 370 g/mol. The number of hydrogen-bond donors (Lipinski definition) is 1. The van der Waals surface area contributed by atoms with Gasteiger partial charge in [0.2, 0.25) is 0 Å². The molecule has 0 saturated heterocycles. The molecule has 1 heterocycles. The summed E-state index contributed by atoms with van der Waals surface area (Å²) in [5.74, 6) is -0.964. The number of hydrogen-bond acceptors (Lipinski definition) is 5. The molecule has 1 N–H and O–H groups in total. The number of nitrogens with zero attached hydrogens (tertiary/aromatic N) is 1. The highest BCUT2D eigenvalue weighted by molar-refractivity contribution is 6.45. The molecule has 6 nitrogen and oxygen atoms in total. The third-order valence-corrected chi connectivity index (χ3v) is 4.36. The summed E-state index contributed by atoms with van der Waals surface area (Å²) in [6, 6.07) is 11.2. The molecule has 2 amide bonds. The summed E-state index contributed by atoms with van der Waals surface area (Å²) in [6.07, 6.45) is 0.875. The first-order chi connectivity index (χ1) is 13.0. The van der Waals surface area contributed by atoms with E-state index in [1.165, 1.54) is 19.2 Å². The van der Waals surface area contributed by atoms with Gasteiger partial charge in [0.15, 0.2) is 5.76 Å². The first kappa shape index (κ1) is 18.8. The Balaban J connectivity index is 1.91. The molecule has 2 aromatic carbocycles. The lowest BCUT2D eigenvalue weighted by molar-refractivity contribution is -0.121. The lowest BCUT2D eigenvalue weighted by Gasteiger charge is -2.16. The topological polar surface area (TPSA) is 76.1 Å². The Morgan fingerprint density at radius 1 is 1.07 bits per heavy atom. The molecule has 0 saturated carbocycles. The summed E-state index contributed by atoms with van der Waals surface area (Å²) in [6.45, 7) is 2.58. The van der Waals surface area contributed by atoms with Crippen LogP contribution in [0.25, 0.3) is 5.57 Å². The maximum Gasteiger partial charge on any atom is 0.301 e. The SMILES string of the molecule is CCCOc1ccc(C2=C(O)C(=O)N(c3ccc(OC)c(Cl)c3)C2=O)cc1. The predicted octanol–water partition coefficient (Wildman–Crippen LogP) is 3.98. The van der Waals surface area contributed by atoms with E-state index in [1.807, 2.05) is 6.92 Å². The lowest BCUT2D eigenvalue weighted by Crippen LogP contribution is -2.31. The molecule has 0 atom stereocenters. The highest BCUT2D eigenvalue weighted by Gasteiger charge is 2.40. The quantitative estimate of drug-likeness (QED) is 0.759. The Kier molecular flexibility index (Phi) is 5.37. The van der Waals surface area contributed by atoms with Crippen molar-refractivity contribution in [2.24, 2.45) is 0 Å². The van der Waals surface area contributed by atoms with Crippen molar-refractivity contribution in [3.8, 4) is 11.5 Å². The van der Waals surface area contributed by atoms with Gasteiger partial charge in [0, 0.05) is 0 Å². The zero-order valence-corrected chi connectivity index (χ0v) is 15.6. The highest BCUT2D eigenvalue weighted by atomic mass is 35.5. The zero-order chi connectivity index (χ0) is 19.6. The van der Waals surface area contributed by atoms with Crippen molar-refractivity contribution in [2.75, 3.05) is 18.6 Å². The molecule has 0 spiro atoms. The summed E-state index contributed by atoms with van der Waals surface area (Å²) in [5, 5.41) is 10.5. The number of benzene rings is 2. The first-order valence-electron chi connectivity index (χ1n) is 8.36. The number of halogens is 1. The van der Waals surface area contributed by atoms with Crippen LogP contribution in [0.5, 0.6) is 11.5 Å². The van der Waals surface area contributed by atoms with Crippen molar-refractivity contribution in [2.45, 2.75) is 13.3 Å². The molecule has 1 aliphatic heterocycles. The van der Waals surface area contributed by atoms with E-state index in [-0.39, 0.29) is 16.3 Å². The van der Waals surface area contributed by atoms with Crippen LogP contribution in [0.15, 0.2) is 48.2 Å². The van der Waals surface area contributed by atoms with Gasteiger partial charge < -0.3 is 14.6 Å². The minimum absolute atomic E-state index is 0.0611. The largest absolute Gasteiger partial charge is 0.502 e. The lowest BCUT2D eigenvalue weighted by atomic mass is 10.1. The molecule has 0 unspecified atom stereocenters. The van der Waals surface area contributed by atoms with Crippen molar-refractivity contribution >= 4 is 34.7 Å². The summed E-state index contributed by atoms with van der Waals surface area (Å²) >= 11 is 6.09. The molecule has 0 aromatic heterocycles. The van der Waals surface area contributed by atoms with Gasteiger partial charge in [-0.15, -0.1) is 0 Å². The van der Waals surface area contributed by atoms with Crippen LogP contribution in [0.1, 0.15) is 18.9 Å². The minimum Gasteiger partial charge on any atom is -0.502 e. The van der Waals surface area contributed by atoms with Crippen LogP contribution in [0, 0.1) is 0 Å². The highest BCUT2D eigenvalue weighted by Crippen LogP contribution is 2.35. The van der Waals surface area contributed by atoms with E-state index in [0.717, 1.165) is 11.3 Å². The number of imide groups is 1. The van der Waals surface area contributed by atoms with Gasteiger partial charge in [0.25, 0.3) is 5.91 Å². The van der Waals surface area contributed by atoms with E-state index < -0.39 is 17.6 Å². The second-order valence-corrected chi connectivity index (χ2v) is 6.27. The molecule has 3 rings (SSSR count). The van der Waals surface area contributed by atoms with Gasteiger partial charge in [-0.05, 0) is 42.3 Å². The van der Waals surface area contributed by atoms with Gasteiger partial charge in [0.05, 0.1) is 30.0 Å². The smallest absolute Gasteiger partial charge is 0.301 e. The van der Waals surface area contributed by atoms with Gasteiger partial charge in [0.1, 0.15) is 11.5 Å². The van der Waals surface area contributed by atoms with E-state index in [2.05, 4.69) is 0 Å². The number of carbonyl (C=O) groups excluding carboxylic acids is 2. The van der Waals surface area contributed by atoms with Crippen LogP contribution in [-0.2, 0) is 9.59 Å². The Labute approximate surface area is 161 Å². The Morgan fingerprint density at radius 2 is 1.78 bits per heavy atom. The molecule has 0 bridgehead atoms. The van der Waals surface area contributed by atoms with E-state index in [1.54, 1.807) is 30.3 Å². The fraction of sp³-hybridized carbons (Fsp3) is 0.200. The number of aliphatic hydroxyl groups is 1. The Morgan fingerprint density at radius 3 is 2.37 bits per heavy atom. The van der Waals surface area contributed by atoms with Crippen molar-refractivity contribution < 1.29 is 24.2 Å². The minimum atomic E-state index is -0.803. The molecule has 0 aliphatic carbocycles. The van der Waals surface area contributed by atoms with E-state index in [9.17, 15) is 14.7 Å². The van der Waals surface area contributed by atoms with Crippen molar-refractivity contribution in [1.29, 1.82) is 0 Å². The van der Waals surface area contributed by atoms with Gasteiger partial charge >= 0.3 is 5.91 Å². The fourth-order valence-electron chi connectivity index (χ4n) is 2.74. The number of rotatable bonds is 6. The number of carbonyl (C=O) groups is 2. The van der Waals surface area contributed by atoms with Crippen LogP contribution in [0.2, 0.25) is 5.02 Å². The van der Waals surface area contributed by atoms with Gasteiger partial charge in [-0.2, -0.15) is 0 Å². The average Bonchev–Trinajstić information content (AvgIpc) is 2.89. The summed E-state index contributed by atoms with van der Waals surface area (Å²) in [4.78, 5) is 26.2. The molecule has 0 radical (unpaired) electrons. The number of methoxy groups -OCH3 is 1. The second kappa shape index (κ2) is 7.72. The second-order valence-electron chi connectivity index (χ2n) is 5.86. The number of anilines is 1. The fourth-order valence-corrected chi connectivity index (χ4v) is 3.00. The summed E-state index contributed by atoms with van der Waals surface area (Å²) in [7, 11) is 1.46. The molecule has 1 aliphatic rings. The number of ether oxygens (including phenoxy) is 2. The standard InChI is InChI=1S/C20H18ClNO5/c1-3-10-27-14-7-4-12(5-8-14)17-18(23)20(25)22(19(17)24)13-6-9-16(26-2)15(21)11-13/h4-9,11,23H,3,10H2,1-2H3. The van der Waals surface area contributed by atoms with E-state index >= 15 is 0 Å². The van der Waals surface area contributed by atoms with E-state index in [4.69, 9.17) is 21.1 Å². The van der Waals surface area contributed by atoms with Crippen LogP contribution < -0.4 is 14.4 Å². The van der Waals surface area contributed by atoms with Gasteiger partial charge in [-0.3, -0.25) is 9.59 Å². The van der Waals surface area contributed by atoms with Crippen LogP contribution in [0.4, 0.5) is 5.69 Å². The van der Waals surface area contributed by atoms with Gasteiger partial charge in [-0.1, -0.05) is 30.7 Å². The van der Waals surface area contributed by atoms with E-state index in [0.29, 0.717) is 23.7 Å². The molecule has 27 heavy (non-hydrogen) atoms. The third-order valence-electron chi connectivity index (χ3n) is 4.07. The Bertz CT molecular complexity index is 920. The predicted molar refractivity (Wildman–Crippen MR) is 102 cm³/mol. The number of amides is 2. The Hall–Kier alpha value is -2.99. The monoisotopic (exact) mass is 387 g/mol. The van der Waals surface area contributed by atoms with Crippen molar-refractivity contribution in [1.82, 2.24) is 0 Å². The van der Waals surface area contributed by atoms with Crippen molar-refractivity contribution in [3.05, 3.63) is 58.8 Å². The average molecular weight is 388 g/mol. The molecular formula is C20H18ClNO5. The maximum atomic E-state index is 12.8. The van der Waals surface area contributed by atoms with Crippen LogP contribution in [0.3, 0.4) is 0 Å². The molecule has 7 heteroatoms. The summed E-state index contributed by atoms with van der Waals surface area (Å²) in [5.41, 5.74) is 0.617. The molecule has 2 aromatic rings. The zero-order valence-electron chi connectivity index (χ0n) is 14.9. The summed E-state index contributed by atoms with van der Waals surface area (Å²) < 4.78 is 10.6. The molecule has 0 fully saturated rings. The van der Waals surface area contributed by atoms with Crippen molar-refractivity contribution in [3.63, 3.8) is 0 Å². The third kappa shape index (κ3) is 3.48. The first-order valence-corrected chi connectivity index (χ1v) is 8.74. The van der Waals surface area contributed by atoms with Crippen LogP contribution >= 0.6 is 11.6 Å². The normalized spacial score (nSPS) is 14.1. The maximum absolute atomic E-state index is 12.8. The molecule has 140 valence electrons. The number of aliphatic hydroxyl groups excluding tert-OH is 1. The van der Waals surface area contributed by atoms with Crippen LogP contribution in [-0.4, -0.2) is 30.6 Å². The van der Waals surface area contributed by atoms with Gasteiger partial charge in [-0.25, -0.2) is 4.90 Å².